The first-order valence-corrected chi connectivity index (χ1v) is 2.13. The molecule has 1 aromatic carbocycles. The minimum absolute atomic E-state index is 0. The molecule has 0 aliphatic carbocycles. The van der Waals surface area contributed by atoms with Crippen LogP contribution in [0.1, 0.15) is 0 Å². The average molecular weight is 306 g/mol. The summed E-state index contributed by atoms with van der Waals surface area (Å²) in [6.07, 6.45) is 0. The van der Waals surface area contributed by atoms with Crippen molar-refractivity contribution in [2.75, 3.05) is 0 Å². The summed E-state index contributed by atoms with van der Waals surface area (Å²) < 4.78 is 0. The molecule has 2 heteroatoms. The number of aromatic hydroxyl groups is 1. The zero-order chi connectivity index (χ0) is 5.11. The number of phenolic OH excluding ortho intramolecular Hbond substituents is 1. The van der Waals surface area contributed by atoms with Gasteiger partial charge in [-0.05, 0) is 12.1 Å². The van der Waals surface area contributed by atoms with E-state index in [0.29, 0.717) is 5.75 Å². The van der Waals surface area contributed by atoms with Crippen molar-refractivity contribution in [1.82, 2.24) is 0 Å². The normalized spacial score (nSPS) is 7.50. The monoisotopic (exact) mass is 306 g/mol. The van der Waals surface area contributed by atoms with Crippen LogP contribution in [-0.2, 0) is 0 Å². The number of hydrogen-bond acceptors (Lipinski definition) is 1. The van der Waals surface area contributed by atoms with Crippen LogP contribution >= 0.6 is 0 Å². The Labute approximate surface area is 67.5 Å². The van der Waals surface area contributed by atoms with Crippen molar-refractivity contribution < 1.29 is 5.11 Å². The van der Waals surface area contributed by atoms with Crippen molar-refractivity contribution >= 4 is 26.2 Å². The summed E-state index contributed by atoms with van der Waals surface area (Å²) in [6, 6.07) is 8.71. The van der Waals surface area contributed by atoms with Crippen molar-refractivity contribution in [3.8, 4) is 5.75 Å². The quantitative estimate of drug-likeness (QED) is 0.680. The molecule has 1 N–H and O–H groups in total. The van der Waals surface area contributed by atoms with E-state index in [9.17, 15) is 0 Å². The molecule has 0 amide bonds. The maximum absolute atomic E-state index is 8.63. The Morgan fingerprint density at radius 1 is 1.00 bits per heavy atom. The first-order chi connectivity index (χ1) is 3.39. The molecule has 0 aliphatic rings. The molecular weight excluding hydrogens is 297 g/mol. The molecule has 0 atom stereocenters. The van der Waals surface area contributed by atoms with Crippen molar-refractivity contribution in [3.05, 3.63) is 30.3 Å². The summed E-state index contributed by atoms with van der Waals surface area (Å²) in [4.78, 5) is 0. The molecule has 0 bridgehead atoms. The summed E-state index contributed by atoms with van der Waals surface area (Å²) in [5.41, 5.74) is 0. The molecule has 0 fully saturated rings. The SMILES string of the molecule is Oc1ccccc1.[BiH3]. The Morgan fingerprint density at radius 3 is 1.75 bits per heavy atom. The van der Waals surface area contributed by atoms with Crippen molar-refractivity contribution in [1.29, 1.82) is 0 Å². The predicted molar refractivity (Wildman–Crippen MR) is 38.0 cm³/mol. The van der Waals surface area contributed by atoms with Crippen LogP contribution in [0.4, 0.5) is 0 Å². The first-order valence-electron chi connectivity index (χ1n) is 2.13. The van der Waals surface area contributed by atoms with Crippen LogP contribution in [0.2, 0.25) is 0 Å². The zero-order valence-electron chi connectivity index (χ0n) is 4.54. The molecule has 1 nitrogen and oxygen atoms in total. The number of benzene rings is 1. The van der Waals surface area contributed by atoms with Gasteiger partial charge in [-0.3, -0.25) is 0 Å². The van der Waals surface area contributed by atoms with E-state index in [1.54, 1.807) is 24.3 Å². The van der Waals surface area contributed by atoms with E-state index < -0.39 is 0 Å². The van der Waals surface area contributed by atoms with Gasteiger partial charge in [0.2, 0.25) is 0 Å². The van der Waals surface area contributed by atoms with Gasteiger partial charge in [-0.2, -0.15) is 0 Å². The summed E-state index contributed by atoms with van der Waals surface area (Å²) in [7, 11) is 0. The van der Waals surface area contributed by atoms with Crippen LogP contribution in [0.5, 0.6) is 5.75 Å². The molecule has 0 aliphatic heterocycles. The standard InChI is InChI=1S/C6H6O.Bi.3H/c7-6-4-2-1-3-5-6;;;;/h1-5,7H;;;;. The molecule has 1 rings (SSSR count). The molecule has 44 valence electrons. The molecular formula is C6H9BiO. The van der Waals surface area contributed by atoms with Gasteiger partial charge in [0.1, 0.15) is 5.75 Å². The number of rotatable bonds is 0. The Balaban J connectivity index is 0.000000490. The van der Waals surface area contributed by atoms with Crippen molar-refractivity contribution in [2.24, 2.45) is 0 Å². The van der Waals surface area contributed by atoms with Crippen LogP contribution in [0.3, 0.4) is 0 Å². The van der Waals surface area contributed by atoms with Crippen LogP contribution in [0.25, 0.3) is 0 Å². The Morgan fingerprint density at radius 2 is 1.50 bits per heavy atom. The predicted octanol–water partition coefficient (Wildman–Crippen LogP) is 0.208. The fraction of sp³-hybridized carbons (Fsp3) is 0. The molecule has 0 unspecified atom stereocenters. The van der Waals surface area contributed by atoms with Gasteiger partial charge in [-0.15, -0.1) is 0 Å². The van der Waals surface area contributed by atoms with E-state index in [1.165, 1.54) is 0 Å². The van der Waals surface area contributed by atoms with E-state index in [4.69, 9.17) is 5.11 Å². The second-order valence-corrected chi connectivity index (χ2v) is 1.34. The third-order valence-corrected chi connectivity index (χ3v) is 0.756. The van der Waals surface area contributed by atoms with E-state index in [0.717, 1.165) is 0 Å². The topological polar surface area (TPSA) is 20.2 Å². The van der Waals surface area contributed by atoms with Crippen LogP contribution in [0.15, 0.2) is 30.3 Å². The van der Waals surface area contributed by atoms with Gasteiger partial charge in [0.05, 0.1) is 0 Å². The van der Waals surface area contributed by atoms with Crippen LogP contribution in [0, 0.1) is 0 Å². The summed E-state index contributed by atoms with van der Waals surface area (Å²) in [5, 5.41) is 8.63. The zero-order valence-corrected chi connectivity index (χ0v) is 10.0. The van der Waals surface area contributed by atoms with E-state index in [1.807, 2.05) is 6.07 Å². The van der Waals surface area contributed by atoms with Crippen molar-refractivity contribution in [3.63, 3.8) is 0 Å². The van der Waals surface area contributed by atoms with Gasteiger partial charge < -0.3 is 5.11 Å². The van der Waals surface area contributed by atoms with Gasteiger partial charge >= 0.3 is 26.2 Å². The van der Waals surface area contributed by atoms with Crippen LogP contribution in [-0.4, -0.2) is 31.3 Å². The van der Waals surface area contributed by atoms with Gasteiger partial charge in [0.15, 0.2) is 0 Å². The maximum atomic E-state index is 8.63. The second-order valence-electron chi connectivity index (χ2n) is 1.34. The summed E-state index contributed by atoms with van der Waals surface area (Å²) in [6.45, 7) is 0. The van der Waals surface area contributed by atoms with E-state index >= 15 is 0 Å². The fourth-order valence-corrected chi connectivity index (χ4v) is 0.428. The van der Waals surface area contributed by atoms with Crippen molar-refractivity contribution in [2.45, 2.75) is 0 Å². The minimum atomic E-state index is 0. The summed E-state index contributed by atoms with van der Waals surface area (Å²) >= 11 is 0. The van der Waals surface area contributed by atoms with Gasteiger partial charge in [-0.1, -0.05) is 18.2 Å². The van der Waals surface area contributed by atoms with E-state index in [2.05, 4.69) is 0 Å². The third kappa shape index (κ3) is 2.27. The third-order valence-electron chi connectivity index (χ3n) is 0.756. The van der Waals surface area contributed by atoms with Crippen LogP contribution < -0.4 is 0 Å². The Kier molecular flexibility index (Phi) is 3.80. The fourth-order valence-electron chi connectivity index (χ4n) is 0.428. The molecule has 0 saturated carbocycles. The number of phenols is 1. The summed E-state index contributed by atoms with van der Waals surface area (Å²) in [5.74, 6) is 0.322. The molecule has 0 radical (unpaired) electrons. The molecule has 0 aromatic heterocycles. The van der Waals surface area contributed by atoms with Gasteiger partial charge in [-0.25, -0.2) is 0 Å². The van der Waals surface area contributed by atoms with E-state index in [-0.39, 0.29) is 26.2 Å². The van der Waals surface area contributed by atoms with Gasteiger partial charge in [0, 0.05) is 0 Å². The molecule has 0 heterocycles. The molecule has 1 aromatic rings. The first kappa shape index (κ1) is 7.90. The molecule has 8 heavy (non-hydrogen) atoms. The Bertz CT molecular complexity index is 138. The number of para-hydroxylation sites is 1. The molecule has 0 spiro atoms. The molecule has 0 saturated heterocycles. The van der Waals surface area contributed by atoms with Gasteiger partial charge in [0.25, 0.3) is 0 Å². The Hall–Kier alpha value is -0.0969. The number of hydrogen-bond donors (Lipinski definition) is 1. The second kappa shape index (κ2) is 3.85. The average Bonchev–Trinajstić information content (AvgIpc) is 1.69.